The van der Waals surface area contributed by atoms with E-state index in [-0.39, 0.29) is 0 Å². The molecule has 0 saturated heterocycles. The molecule has 1 unspecified atom stereocenters. The van der Waals surface area contributed by atoms with Gasteiger partial charge in [-0.1, -0.05) is 39.4 Å². The van der Waals surface area contributed by atoms with Crippen LogP contribution in [0.15, 0.2) is 0 Å². The summed E-state index contributed by atoms with van der Waals surface area (Å²) in [7, 11) is -1.26. The van der Waals surface area contributed by atoms with E-state index in [1.807, 2.05) is 6.92 Å². The molecule has 0 radical (unpaired) electrons. The molecule has 0 heterocycles. The Morgan fingerprint density at radius 2 is 1.86 bits per heavy atom. The first-order chi connectivity index (χ1) is 6.27. The Morgan fingerprint density at radius 3 is 2.29 bits per heavy atom. The Morgan fingerprint density at radius 1 is 1.29 bits per heavy atom. The first-order valence-electron chi connectivity index (χ1n) is 5.49. The molecular formula is C12H24OSi. The van der Waals surface area contributed by atoms with Crippen molar-refractivity contribution in [2.75, 3.05) is 0 Å². The van der Waals surface area contributed by atoms with Crippen LogP contribution in [0.2, 0.25) is 19.6 Å². The highest BCUT2D eigenvalue weighted by Gasteiger charge is 2.18. The molecule has 1 N–H and O–H groups in total. The maximum absolute atomic E-state index is 9.96. The van der Waals surface area contributed by atoms with Crippen molar-refractivity contribution < 1.29 is 5.11 Å². The molecule has 82 valence electrons. The fourth-order valence-corrected chi connectivity index (χ4v) is 1.76. The summed E-state index contributed by atoms with van der Waals surface area (Å²) in [5.41, 5.74) is 2.70. The van der Waals surface area contributed by atoms with Gasteiger partial charge in [0.1, 0.15) is 8.07 Å². The molecule has 0 saturated carbocycles. The van der Waals surface area contributed by atoms with Gasteiger partial charge in [0, 0.05) is 6.42 Å². The summed E-state index contributed by atoms with van der Waals surface area (Å²) in [6.45, 7) is 10.7. The lowest BCUT2D eigenvalue weighted by molar-refractivity contribution is 0.0539. The van der Waals surface area contributed by atoms with Gasteiger partial charge in [-0.15, -0.1) is 11.5 Å². The van der Waals surface area contributed by atoms with Gasteiger partial charge in [-0.3, -0.25) is 0 Å². The average molecular weight is 212 g/mol. The number of hydrogen-bond donors (Lipinski definition) is 1. The molecule has 0 aliphatic carbocycles. The van der Waals surface area contributed by atoms with Gasteiger partial charge in [-0.2, -0.15) is 0 Å². The molecule has 0 aliphatic rings. The predicted octanol–water partition coefficient (Wildman–Crippen LogP) is 3.20. The molecule has 0 fully saturated rings. The third kappa shape index (κ3) is 8.34. The van der Waals surface area contributed by atoms with E-state index in [1.54, 1.807) is 0 Å². The highest BCUT2D eigenvalue weighted by Crippen LogP contribution is 2.17. The maximum atomic E-state index is 9.96. The SMILES string of the molecule is CCCCC(C)(O)CC#C[Si](C)(C)C. The molecule has 0 aliphatic heterocycles. The summed E-state index contributed by atoms with van der Waals surface area (Å²) >= 11 is 0. The van der Waals surface area contributed by atoms with Crippen LogP contribution in [0.1, 0.15) is 39.5 Å². The largest absolute Gasteiger partial charge is 0.389 e. The van der Waals surface area contributed by atoms with Crippen LogP contribution in [-0.2, 0) is 0 Å². The standard InChI is InChI=1S/C12H24OSi/c1-6-7-9-12(2,13)10-8-11-14(3,4)5/h13H,6-7,9-10H2,1-5H3. The molecule has 0 rings (SSSR count). The van der Waals surface area contributed by atoms with E-state index >= 15 is 0 Å². The topological polar surface area (TPSA) is 20.2 Å². The van der Waals surface area contributed by atoms with Crippen LogP contribution in [0.25, 0.3) is 0 Å². The van der Waals surface area contributed by atoms with Crippen molar-refractivity contribution in [3.63, 3.8) is 0 Å². The molecular weight excluding hydrogens is 188 g/mol. The quantitative estimate of drug-likeness (QED) is 0.560. The van der Waals surface area contributed by atoms with Gasteiger partial charge in [0.05, 0.1) is 5.60 Å². The molecule has 14 heavy (non-hydrogen) atoms. The molecule has 0 aromatic heterocycles. The second-order valence-corrected chi connectivity index (χ2v) is 10.1. The minimum Gasteiger partial charge on any atom is -0.389 e. The number of aliphatic hydroxyl groups is 1. The second-order valence-electron chi connectivity index (χ2n) is 5.33. The Bertz CT molecular complexity index is 215. The van der Waals surface area contributed by atoms with Gasteiger partial charge in [0.25, 0.3) is 0 Å². The van der Waals surface area contributed by atoms with Gasteiger partial charge in [-0.05, 0) is 13.3 Å². The Labute approximate surface area is 89.9 Å². The third-order valence-corrected chi connectivity index (χ3v) is 2.93. The number of unbranched alkanes of at least 4 members (excludes halogenated alkanes) is 1. The van der Waals surface area contributed by atoms with Gasteiger partial charge in [-0.25, -0.2) is 0 Å². The zero-order valence-electron chi connectivity index (χ0n) is 10.3. The molecule has 1 atom stereocenters. The summed E-state index contributed by atoms with van der Waals surface area (Å²) < 4.78 is 0. The first-order valence-corrected chi connectivity index (χ1v) is 8.99. The molecule has 0 aromatic carbocycles. The van der Waals surface area contributed by atoms with Gasteiger partial charge < -0.3 is 5.11 Å². The molecule has 0 spiro atoms. The van der Waals surface area contributed by atoms with Crippen LogP contribution >= 0.6 is 0 Å². The average Bonchev–Trinajstić information content (AvgIpc) is 1.98. The maximum Gasteiger partial charge on any atom is 0.129 e. The van der Waals surface area contributed by atoms with E-state index in [1.165, 1.54) is 0 Å². The lowest BCUT2D eigenvalue weighted by atomic mass is 9.96. The van der Waals surface area contributed by atoms with Crippen molar-refractivity contribution in [1.29, 1.82) is 0 Å². The Balaban J connectivity index is 4.02. The van der Waals surface area contributed by atoms with Crippen molar-refractivity contribution in [2.24, 2.45) is 0 Å². The summed E-state index contributed by atoms with van der Waals surface area (Å²) in [5.74, 6) is 3.14. The van der Waals surface area contributed by atoms with E-state index in [9.17, 15) is 5.11 Å². The minimum absolute atomic E-state index is 0.581. The monoisotopic (exact) mass is 212 g/mol. The zero-order chi connectivity index (χ0) is 11.2. The summed E-state index contributed by atoms with van der Waals surface area (Å²) in [4.78, 5) is 0. The van der Waals surface area contributed by atoms with Crippen LogP contribution in [0.4, 0.5) is 0 Å². The molecule has 1 nitrogen and oxygen atoms in total. The van der Waals surface area contributed by atoms with E-state index < -0.39 is 13.7 Å². The highest BCUT2D eigenvalue weighted by atomic mass is 28.3. The predicted molar refractivity (Wildman–Crippen MR) is 65.9 cm³/mol. The van der Waals surface area contributed by atoms with Gasteiger partial charge >= 0.3 is 0 Å². The van der Waals surface area contributed by atoms with Gasteiger partial charge in [0.15, 0.2) is 0 Å². The van der Waals surface area contributed by atoms with Gasteiger partial charge in [0.2, 0.25) is 0 Å². The lowest BCUT2D eigenvalue weighted by Gasteiger charge is -2.20. The minimum atomic E-state index is -1.26. The zero-order valence-corrected chi connectivity index (χ0v) is 11.3. The Kier molecular flexibility index (Phi) is 5.47. The van der Waals surface area contributed by atoms with Crippen molar-refractivity contribution in [3.05, 3.63) is 0 Å². The van der Waals surface area contributed by atoms with E-state index in [0.29, 0.717) is 6.42 Å². The normalized spacial score (nSPS) is 15.6. The second kappa shape index (κ2) is 5.58. The van der Waals surface area contributed by atoms with E-state index in [2.05, 4.69) is 38.0 Å². The van der Waals surface area contributed by atoms with Crippen molar-refractivity contribution in [2.45, 2.75) is 64.8 Å². The molecule has 0 amide bonds. The number of hydrogen-bond acceptors (Lipinski definition) is 1. The fourth-order valence-electron chi connectivity index (χ4n) is 1.15. The smallest absolute Gasteiger partial charge is 0.129 e. The van der Waals surface area contributed by atoms with Crippen LogP contribution in [0.3, 0.4) is 0 Å². The Hall–Kier alpha value is -0.263. The first kappa shape index (κ1) is 13.7. The van der Waals surface area contributed by atoms with Crippen LogP contribution in [-0.4, -0.2) is 18.8 Å². The van der Waals surface area contributed by atoms with Crippen LogP contribution < -0.4 is 0 Å². The lowest BCUT2D eigenvalue weighted by Crippen LogP contribution is -2.23. The molecule has 2 heteroatoms. The van der Waals surface area contributed by atoms with Crippen LogP contribution in [0.5, 0.6) is 0 Å². The van der Waals surface area contributed by atoms with Crippen molar-refractivity contribution >= 4 is 8.07 Å². The molecule has 0 bridgehead atoms. The third-order valence-electron chi connectivity index (χ3n) is 2.00. The highest BCUT2D eigenvalue weighted by molar-refractivity contribution is 6.83. The summed E-state index contributed by atoms with van der Waals surface area (Å²) in [6, 6.07) is 0. The fraction of sp³-hybridized carbons (Fsp3) is 0.833. The van der Waals surface area contributed by atoms with E-state index in [4.69, 9.17) is 0 Å². The summed E-state index contributed by atoms with van der Waals surface area (Å²) in [6.07, 6.45) is 3.71. The van der Waals surface area contributed by atoms with Crippen LogP contribution in [0, 0.1) is 11.5 Å². The molecule has 0 aromatic rings. The van der Waals surface area contributed by atoms with Crippen molar-refractivity contribution in [3.8, 4) is 11.5 Å². The number of rotatable bonds is 4. The van der Waals surface area contributed by atoms with Crippen molar-refractivity contribution in [1.82, 2.24) is 0 Å². The summed E-state index contributed by atoms with van der Waals surface area (Å²) in [5, 5.41) is 9.96. The van der Waals surface area contributed by atoms with E-state index in [0.717, 1.165) is 19.3 Å².